The van der Waals surface area contributed by atoms with Crippen molar-refractivity contribution in [1.29, 1.82) is 5.26 Å². The summed E-state index contributed by atoms with van der Waals surface area (Å²) in [5.74, 6) is -1.28. The number of para-hydroxylation sites is 1. The fraction of sp³-hybridized carbons (Fsp3) is 0.214. The molecule has 0 fully saturated rings. The Balaban J connectivity index is 2.25. The van der Waals surface area contributed by atoms with Crippen molar-refractivity contribution in [2.45, 2.75) is 13.0 Å². The van der Waals surface area contributed by atoms with Crippen molar-refractivity contribution in [1.82, 2.24) is 9.88 Å². The minimum Gasteiger partial charge on any atom is -0.478 e. The van der Waals surface area contributed by atoms with E-state index in [2.05, 4.69) is 5.32 Å². The van der Waals surface area contributed by atoms with E-state index in [1.807, 2.05) is 6.07 Å². The maximum atomic E-state index is 11.7. The van der Waals surface area contributed by atoms with Gasteiger partial charge in [-0.15, -0.1) is 0 Å². The first kappa shape index (κ1) is 13.6. The Labute approximate surface area is 115 Å². The summed E-state index contributed by atoms with van der Waals surface area (Å²) in [6.07, 6.45) is 1.93. The maximum absolute atomic E-state index is 11.7. The molecule has 1 aromatic heterocycles. The molecular weight excluding hydrogens is 258 g/mol. The zero-order valence-corrected chi connectivity index (χ0v) is 10.7. The van der Waals surface area contributed by atoms with Gasteiger partial charge in [0.2, 0.25) is 5.91 Å². The summed E-state index contributed by atoms with van der Waals surface area (Å²) in [5.41, 5.74) is 0.688. The largest absolute Gasteiger partial charge is 0.478 e. The fourth-order valence-corrected chi connectivity index (χ4v) is 2.03. The number of nitrogens with zero attached hydrogens (tertiary/aromatic N) is 2. The van der Waals surface area contributed by atoms with Crippen molar-refractivity contribution in [2.24, 2.45) is 0 Å². The standard InChI is InChI=1S/C14H13N3O3/c15-6-2-7-16-12(18)9-17-8-5-10-3-1-4-11(13(10)17)14(19)20/h1,3-5,8H,2,7,9H2,(H,16,18)(H,19,20). The molecule has 0 aliphatic heterocycles. The molecule has 0 aliphatic rings. The minimum absolute atomic E-state index is 0.0270. The molecule has 0 radical (unpaired) electrons. The zero-order valence-electron chi connectivity index (χ0n) is 10.7. The lowest BCUT2D eigenvalue weighted by Gasteiger charge is -2.08. The van der Waals surface area contributed by atoms with E-state index in [1.165, 1.54) is 6.07 Å². The van der Waals surface area contributed by atoms with E-state index in [9.17, 15) is 14.7 Å². The van der Waals surface area contributed by atoms with Gasteiger partial charge in [-0.1, -0.05) is 12.1 Å². The maximum Gasteiger partial charge on any atom is 0.337 e. The van der Waals surface area contributed by atoms with Crippen LogP contribution in [-0.2, 0) is 11.3 Å². The van der Waals surface area contributed by atoms with Gasteiger partial charge in [-0.2, -0.15) is 5.26 Å². The molecule has 0 unspecified atom stereocenters. The third-order valence-corrected chi connectivity index (χ3v) is 2.89. The first-order valence-electron chi connectivity index (χ1n) is 6.08. The normalized spacial score (nSPS) is 10.2. The van der Waals surface area contributed by atoms with Gasteiger partial charge < -0.3 is 15.0 Å². The first-order valence-corrected chi connectivity index (χ1v) is 6.08. The lowest BCUT2D eigenvalue weighted by molar-refractivity contribution is -0.121. The van der Waals surface area contributed by atoms with Crippen LogP contribution in [0.5, 0.6) is 0 Å². The van der Waals surface area contributed by atoms with Crippen molar-refractivity contribution in [3.63, 3.8) is 0 Å². The molecule has 2 rings (SSSR count). The summed E-state index contributed by atoms with van der Waals surface area (Å²) < 4.78 is 1.60. The highest BCUT2D eigenvalue weighted by molar-refractivity contribution is 6.02. The van der Waals surface area contributed by atoms with Crippen LogP contribution >= 0.6 is 0 Å². The van der Waals surface area contributed by atoms with Gasteiger partial charge in [0.25, 0.3) is 0 Å². The molecular formula is C14H13N3O3. The van der Waals surface area contributed by atoms with Gasteiger partial charge in [0.05, 0.1) is 23.6 Å². The van der Waals surface area contributed by atoms with Crippen LogP contribution in [0.15, 0.2) is 30.5 Å². The first-order chi connectivity index (χ1) is 9.63. The van der Waals surface area contributed by atoms with Crippen LogP contribution in [0.4, 0.5) is 0 Å². The van der Waals surface area contributed by atoms with Gasteiger partial charge in [-0.3, -0.25) is 4.79 Å². The molecule has 20 heavy (non-hydrogen) atoms. The van der Waals surface area contributed by atoms with Crippen molar-refractivity contribution < 1.29 is 14.7 Å². The van der Waals surface area contributed by atoms with E-state index >= 15 is 0 Å². The Morgan fingerprint density at radius 3 is 2.85 bits per heavy atom. The molecule has 0 saturated heterocycles. The number of nitrogens with one attached hydrogen (secondary N) is 1. The molecule has 0 atom stereocenters. The molecule has 0 spiro atoms. The lowest BCUT2D eigenvalue weighted by Crippen LogP contribution is -2.28. The van der Waals surface area contributed by atoms with E-state index in [4.69, 9.17) is 5.26 Å². The van der Waals surface area contributed by atoms with Crippen LogP contribution in [0.2, 0.25) is 0 Å². The SMILES string of the molecule is N#CCCNC(=O)Cn1ccc2cccc(C(=O)O)c21. The molecule has 0 saturated carbocycles. The zero-order chi connectivity index (χ0) is 14.5. The van der Waals surface area contributed by atoms with Gasteiger partial charge in [0.1, 0.15) is 6.54 Å². The number of carboxylic acids is 1. The average molecular weight is 271 g/mol. The number of aromatic nitrogens is 1. The second-order valence-corrected chi connectivity index (χ2v) is 4.25. The predicted octanol–water partition coefficient (Wildman–Crippen LogP) is 1.37. The molecule has 102 valence electrons. The van der Waals surface area contributed by atoms with Gasteiger partial charge in [0, 0.05) is 18.1 Å². The number of benzene rings is 1. The summed E-state index contributed by atoms with van der Waals surface area (Å²) in [6.45, 7) is 0.319. The van der Waals surface area contributed by atoms with Gasteiger partial charge in [0.15, 0.2) is 0 Å². The second-order valence-electron chi connectivity index (χ2n) is 4.25. The van der Waals surface area contributed by atoms with Crippen molar-refractivity contribution in [2.75, 3.05) is 6.54 Å². The quantitative estimate of drug-likeness (QED) is 0.803. The van der Waals surface area contributed by atoms with E-state index in [-0.39, 0.29) is 24.4 Å². The highest BCUT2D eigenvalue weighted by Crippen LogP contribution is 2.20. The van der Waals surface area contributed by atoms with Crippen LogP contribution < -0.4 is 5.32 Å². The number of carboxylic acid groups (broad SMARTS) is 1. The number of rotatable bonds is 5. The van der Waals surface area contributed by atoms with Crippen LogP contribution in [-0.4, -0.2) is 28.1 Å². The van der Waals surface area contributed by atoms with Gasteiger partial charge >= 0.3 is 5.97 Å². The number of hydrogen-bond donors (Lipinski definition) is 2. The van der Waals surface area contributed by atoms with E-state index in [1.54, 1.807) is 29.0 Å². The van der Waals surface area contributed by atoms with Crippen molar-refractivity contribution in [3.8, 4) is 6.07 Å². The number of amides is 1. The molecule has 0 aliphatic carbocycles. The molecule has 2 aromatic rings. The molecule has 6 nitrogen and oxygen atoms in total. The van der Waals surface area contributed by atoms with Gasteiger partial charge in [-0.05, 0) is 12.1 Å². The molecule has 1 heterocycles. The summed E-state index contributed by atoms with van der Waals surface area (Å²) >= 11 is 0. The third-order valence-electron chi connectivity index (χ3n) is 2.89. The summed E-state index contributed by atoms with van der Waals surface area (Å²) in [6, 6.07) is 8.68. The van der Waals surface area contributed by atoms with Crippen LogP contribution in [0.3, 0.4) is 0 Å². The van der Waals surface area contributed by atoms with Crippen molar-refractivity contribution in [3.05, 3.63) is 36.0 Å². The van der Waals surface area contributed by atoms with E-state index in [0.29, 0.717) is 12.1 Å². The topological polar surface area (TPSA) is 95.1 Å². The molecule has 1 aromatic carbocycles. The van der Waals surface area contributed by atoms with Crippen molar-refractivity contribution >= 4 is 22.8 Å². The number of nitriles is 1. The monoisotopic (exact) mass is 271 g/mol. The van der Waals surface area contributed by atoms with Gasteiger partial charge in [-0.25, -0.2) is 4.79 Å². The Bertz CT molecular complexity index is 697. The smallest absolute Gasteiger partial charge is 0.337 e. The highest BCUT2D eigenvalue weighted by Gasteiger charge is 2.13. The Hall–Kier alpha value is -2.81. The Kier molecular flexibility index (Phi) is 4.01. The predicted molar refractivity (Wildman–Crippen MR) is 72.1 cm³/mol. The second kappa shape index (κ2) is 5.89. The number of aromatic carboxylic acids is 1. The number of fused-ring (bicyclic) bond motifs is 1. The van der Waals surface area contributed by atoms with Crippen LogP contribution in [0.1, 0.15) is 16.8 Å². The fourth-order valence-electron chi connectivity index (χ4n) is 2.03. The molecule has 1 amide bonds. The molecule has 2 N–H and O–H groups in total. The van der Waals surface area contributed by atoms with E-state index < -0.39 is 5.97 Å². The van der Waals surface area contributed by atoms with Crippen LogP contribution in [0, 0.1) is 11.3 Å². The lowest BCUT2D eigenvalue weighted by atomic mass is 10.1. The summed E-state index contributed by atoms with van der Waals surface area (Å²) in [5, 5.41) is 21.0. The Morgan fingerprint density at radius 1 is 1.35 bits per heavy atom. The highest BCUT2D eigenvalue weighted by atomic mass is 16.4. The third kappa shape index (κ3) is 2.78. The summed E-state index contributed by atoms with van der Waals surface area (Å²) in [7, 11) is 0. The minimum atomic E-state index is -1.03. The molecule has 0 bridgehead atoms. The number of carbonyl (C=O) groups excluding carboxylic acids is 1. The van der Waals surface area contributed by atoms with E-state index in [0.717, 1.165) is 5.39 Å². The molecule has 6 heteroatoms. The number of hydrogen-bond acceptors (Lipinski definition) is 3. The summed E-state index contributed by atoms with van der Waals surface area (Å²) in [4.78, 5) is 22.9. The average Bonchev–Trinajstić information content (AvgIpc) is 2.82. The number of carbonyl (C=O) groups is 2. The Morgan fingerprint density at radius 2 is 2.15 bits per heavy atom. The van der Waals surface area contributed by atoms with Crippen LogP contribution in [0.25, 0.3) is 10.9 Å².